The molecule has 0 aliphatic carbocycles. The van der Waals surface area contributed by atoms with Crippen molar-refractivity contribution in [1.82, 2.24) is 0 Å². The van der Waals surface area contributed by atoms with Gasteiger partial charge in [-0.05, 0) is 24.3 Å². The number of ether oxygens (including phenoxy) is 2. The zero-order valence-electron chi connectivity index (χ0n) is 11.6. The van der Waals surface area contributed by atoms with Crippen LogP contribution in [0.4, 0.5) is 0 Å². The van der Waals surface area contributed by atoms with Gasteiger partial charge < -0.3 is 19.7 Å². The third-order valence-electron chi connectivity index (χ3n) is 2.46. The van der Waals surface area contributed by atoms with Crippen LogP contribution in [0.1, 0.15) is 40.5 Å². The van der Waals surface area contributed by atoms with Gasteiger partial charge in [-0.15, -0.1) is 0 Å². The molecule has 0 saturated carbocycles. The van der Waals surface area contributed by atoms with Gasteiger partial charge in [0.2, 0.25) is 6.29 Å². The van der Waals surface area contributed by atoms with Gasteiger partial charge in [0.05, 0.1) is 24.0 Å². The van der Waals surface area contributed by atoms with E-state index in [4.69, 9.17) is 19.7 Å². The fourth-order valence-electron chi connectivity index (χ4n) is 1.42. The monoisotopic (exact) mass is 310 g/mol. The van der Waals surface area contributed by atoms with Crippen LogP contribution in [0.25, 0.3) is 0 Å². The Labute approximate surface area is 125 Å². The van der Waals surface area contributed by atoms with Crippen molar-refractivity contribution < 1.29 is 38.9 Å². The van der Waals surface area contributed by atoms with Gasteiger partial charge in [0.1, 0.15) is 0 Å². The summed E-state index contributed by atoms with van der Waals surface area (Å²) < 4.78 is 9.67. The molecule has 8 nitrogen and oxygen atoms in total. The van der Waals surface area contributed by atoms with Crippen molar-refractivity contribution in [3.8, 4) is 0 Å². The highest BCUT2D eigenvalue weighted by atomic mass is 16.7. The Hall–Kier alpha value is -2.90. The molecule has 0 aromatic heterocycles. The molecule has 0 saturated heterocycles. The molecule has 2 N–H and O–H groups in total. The van der Waals surface area contributed by atoms with E-state index in [-0.39, 0.29) is 12.8 Å². The Morgan fingerprint density at radius 3 is 1.50 bits per heavy atom. The van der Waals surface area contributed by atoms with Crippen LogP contribution < -0.4 is 0 Å². The molecule has 0 atom stereocenters. The van der Waals surface area contributed by atoms with Crippen LogP contribution in [-0.2, 0) is 19.1 Å². The van der Waals surface area contributed by atoms with Crippen LogP contribution in [0.3, 0.4) is 0 Å². The van der Waals surface area contributed by atoms with E-state index in [1.54, 1.807) is 0 Å². The highest BCUT2D eigenvalue weighted by Crippen LogP contribution is 2.13. The first kappa shape index (κ1) is 17.2. The van der Waals surface area contributed by atoms with Crippen molar-refractivity contribution in [2.24, 2.45) is 0 Å². The Morgan fingerprint density at radius 1 is 0.909 bits per heavy atom. The topological polar surface area (TPSA) is 127 Å². The normalized spacial score (nSPS) is 13.7. The summed E-state index contributed by atoms with van der Waals surface area (Å²) in [5, 5.41) is 15.8. The lowest BCUT2D eigenvalue weighted by Gasteiger charge is -2.11. The zero-order valence-corrected chi connectivity index (χ0v) is 11.6. The number of hydrogen-bond donors (Lipinski definition) is 2. The molecule has 118 valence electrons. The number of hydrogen-bond acceptors (Lipinski definition) is 6. The number of rotatable bonds is 3. The Bertz CT molecular complexity index is 524. The molecule has 0 amide bonds. The van der Waals surface area contributed by atoms with Gasteiger partial charge in [0, 0.05) is 6.92 Å². The maximum Gasteiger partial charge on any atom is 0.341 e. The Kier molecular flexibility index (Phi) is 6.06. The van der Waals surface area contributed by atoms with Gasteiger partial charge in [-0.3, -0.25) is 9.59 Å². The number of carbonyl (C=O) groups is 4. The molecule has 1 aromatic carbocycles. The van der Waals surface area contributed by atoms with Crippen molar-refractivity contribution >= 4 is 23.9 Å². The molecule has 1 aromatic rings. The lowest BCUT2D eigenvalue weighted by molar-refractivity contribution is -0.143. The molecule has 0 fully saturated rings. The predicted octanol–water partition coefficient (Wildman–Crippen LogP) is 1.30. The lowest BCUT2D eigenvalue weighted by Crippen LogP contribution is -2.19. The molecule has 22 heavy (non-hydrogen) atoms. The van der Waals surface area contributed by atoms with Gasteiger partial charge in [-0.25, -0.2) is 9.59 Å². The highest BCUT2D eigenvalue weighted by molar-refractivity contribution is 5.94. The van der Waals surface area contributed by atoms with Crippen LogP contribution >= 0.6 is 0 Å². The molecule has 2 bridgehead atoms. The van der Waals surface area contributed by atoms with E-state index in [0.29, 0.717) is 11.1 Å². The van der Waals surface area contributed by atoms with E-state index >= 15 is 0 Å². The van der Waals surface area contributed by atoms with E-state index in [1.165, 1.54) is 31.2 Å². The molecule has 0 radical (unpaired) electrons. The largest absolute Gasteiger partial charge is 0.481 e. The van der Waals surface area contributed by atoms with E-state index < -0.39 is 30.2 Å². The van der Waals surface area contributed by atoms with Crippen LogP contribution in [0, 0.1) is 0 Å². The number of benzene rings is 1. The summed E-state index contributed by atoms with van der Waals surface area (Å²) in [6.45, 7) is 1.50. The van der Waals surface area contributed by atoms with Crippen LogP contribution in [0.2, 0.25) is 0 Å². The minimum atomic E-state index is -1.08. The van der Waals surface area contributed by atoms with E-state index in [9.17, 15) is 19.2 Å². The fraction of sp³-hybridized carbons (Fsp3) is 0.286. The number of fused-ring (bicyclic) bond motifs is 6. The number of aliphatic carboxylic acids is 2. The maximum absolute atomic E-state index is 11.3. The van der Waals surface area contributed by atoms with Gasteiger partial charge in [-0.2, -0.15) is 0 Å². The summed E-state index contributed by atoms with van der Waals surface area (Å²) >= 11 is 0. The summed E-state index contributed by atoms with van der Waals surface area (Å²) in [6.07, 6.45) is -1.44. The standard InChI is InChI=1S/C10H8O4.C4H6O4/c1-6-13-9(11)7-2-3-8(5-4-7)10(12)14-6;5-3(6)1-2-4(7)8/h2-6H,1H3;1-2H2,(H,5,6)(H,7,8). The van der Waals surface area contributed by atoms with Gasteiger partial charge in [0.15, 0.2) is 0 Å². The van der Waals surface area contributed by atoms with E-state index in [1.807, 2.05) is 0 Å². The first-order valence-corrected chi connectivity index (χ1v) is 6.25. The summed E-state index contributed by atoms with van der Waals surface area (Å²) in [5.74, 6) is -3.13. The molecule has 3 rings (SSSR count). The second kappa shape index (κ2) is 7.77. The second-order valence-electron chi connectivity index (χ2n) is 4.24. The van der Waals surface area contributed by atoms with Crippen molar-refractivity contribution in [3.63, 3.8) is 0 Å². The van der Waals surface area contributed by atoms with Crippen molar-refractivity contribution in [2.75, 3.05) is 0 Å². The SMILES string of the molecule is CC1OC(=O)c2ccc(cc2)C(=O)O1.O=C(O)CCC(=O)O. The number of carbonyl (C=O) groups excluding carboxylic acids is 2. The average molecular weight is 310 g/mol. The summed E-state index contributed by atoms with van der Waals surface area (Å²) in [6, 6.07) is 6.15. The lowest BCUT2D eigenvalue weighted by atomic mass is 10.1. The van der Waals surface area contributed by atoms with Crippen molar-refractivity contribution in [3.05, 3.63) is 35.4 Å². The Morgan fingerprint density at radius 2 is 1.23 bits per heavy atom. The van der Waals surface area contributed by atoms with Crippen molar-refractivity contribution in [1.29, 1.82) is 0 Å². The number of carboxylic acids is 2. The van der Waals surface area contributed by atoms with Gasteiger partial charge >= 0.3 is 23.9 Å². The van der Waals surface area contributed by atoms with Gasteiger partial charge in [0.25, 0.3) is 0 Å². The first-order chi connectivity index (χ1) is 10.3. The third-order valence-corrected chi connectivity index (χ3v) is 2.46. The van der Waals surface area contributed by atoms with Gasteiger partial charge in [-0.1, -0.05) is 0 Å². The van der Waals surface area contributed by atoms with E-state index in [0.717, 1.165) is 0 Å². The molecule has 0 unspecified atom stereocenters. The van der Waals surface area contributed by atoms with Crippen LogP contribution in [-0.4, -0.2) is 40.4 Å². The first-order valence-electron chi connectivity index (χ1n) is 6.25. The maximum atomic E-state index is 11.3. The minimum Gasteiger partial charge on any atom is -0.481 e. The van der Waals surface area contributed by atoms with Crippen LogP contribution in [0.5, 0.6) is 0 Å². The predicted molar refractivity (Wildman–Crippen MR) is 71.2 cm³/mol. The zero-order chi connectivity index (χ0) is 16.7. The molecular formula is C14H14O8. The highest BCUT2D eigenvalue weighted by Gasteiger charge is 2.20. The molecule has 2 aliphatic rings. The molecular weight excluding hydrogens is 296 g/mol. The summed E-state index contributed by atoms with van der Waals surface area (Å²) in [5.41, 5.74) is 0.831. The second-order valence-corrected chi connectivity index (χ2v) is 4.24. The average Bonchev–Trinajstić information content (AvgIpc) is 2.52. The van der Waals surface area contributed by atoms with Crippen LogP contribution in [0.15, 0.2) is 24.3 Å². The molecule has 0 spiro atoms. The minimum absolute atomic E-state index is 0.296. The molecule has 2 heterocycles. The third kappa shape index (κ3) is 5.61. The summed E-state index contributed by atoms with van der Waals surface area (Å²) in [4.78, 5) is 41.9. The van der Waals surface area contributed by atoms with E-state index in [2.05, 4.69) is 0 Å². The quantitative estimate of drug-likeness (QED) is 0.799. The molecule has 2 aliphatic heterocycles. The fourth-order valence-corrected chi connectivity index (χ4v) is 1.42. The van der Waals surface area contributed by atoms with Crippen molar-refractivity contribution in [2.45, 2.75) is 26.1 Å². The molecule has 8 heteroatoms. The summed E-state index contributed by atoms with van der Waals surface area (Å²) in [7, 11) is 0. The number of esters is 2. The number of carboxylic acid groups (broad SMARTS) is 2. The smallest absolute Gasteiger partial charge is 0.341 e. The Balaban J connectivity index is 0.000000261.